The van der Waals surface area contributed by atoms with Crippen molar-refractivity contribution in [1.82, 2.24) is 25.9 Å². The van der Waals surface area contributed by atoms with Crippen LogP contribution in [0.1, 0.15) is 131 Å². The molecule has 11 fully saturated rings. The molecular weight excluding hydrogens is 1460 g/mol. The Labute approximate surface area is 610 Å². The van der Waals surface area contributed by atoms with E-state index in [-0.39, 0.29) is 186 Å². The number of ketones is 1. The topological polar surface area (TPSA) is 368 Å². The number of aliphatic hydroxyl groups excluding tert-OH is 4. The SMILES string of the molecule is C=C1C[C@@H]2CC[C@@]34CC5O[C@H]6[C@@H](O3)[C@H]3O[C@H](CC[C@@H]3O[C@H]6[C@H]5O4)CC(=O)C[C@@H]3[C@@H](OC)[C@@H](C[C@H](O)CNC(=O)OCc4ccc(O[C@@H]5O[C@H](C(=O)O)[C@@H](O)[C@H](O)[C@H]5O)c(C(=O)NCCOCCNC(=O)CCCC#Cc5cnc([S-])nc5)c4)O[C@H]3C[C@H]3O[C@@H](CCC1O2)C[C@@H](C)C3=C.[Tb]. The van der Waals surface area contributed by atoms with Gasteiger partial charge >= 0.3 is 12.1 Å². The van der Waals surface area contributed by atoms with E-state index in [4.69, 9.17) is 74.2 Å². The van der Waals surface area contributed by atoms with Gasteiger partial charge in [0.15, 0.2) is 11.9 Å². The average Bonchev–Trinajstić information content (AvgIpc) is 1.55. The smallest absolute Gasteiger partial charge is 0.407 e. The van der Waals surface area contributed by atoms with E-state index in [2.05, 4.69) is 57.8 Å². The molecule has 1 aromatic carbocycles. The number of carboxylic acid groups (broad SMARTS) is 1. The minimum absolute atomic E-state index is 0. The van der Waals surface area contributed by atoms with Crippen molar-refractivity contribution in [3.05, 3.63) is 71.6 Å². The zero-order valence-electron chi connectivity index (χ0n) is 55.4. The molecule has 11 aliphatic rings. The number of carboxylic acids is 1. The van der Waals surface area contributed by atoms with Gasteiger partial charge in [-0.25, -0.2) is 9.59 Å². The second-order valence-electron chi connectivity index (χ2n) is 27.5. The quantitative estimate of drug-likeness (QED) is 0.0310. The van der Waals surface area contributed by atoms with Crippen LogP contribution >= 0.6 is 0 Å². The minimum Gasteiger partial charge on any atom is -0.740 e. The van der Waals surface area contributed by atoms with Crippen LogP contribution in [-0.4, -0.2) is 239 Å². The molecule has 545 valence electrons. The number of carbonyl (C=O) groups excluding carboxylic acids is 4. The van der Waals surface area contributed by atoms with Gasteiger partial charge in [-0.2, -0.15) is 0 Å². The van der Waals surface area contributed by atoms with E-state index in [9.17, 15) is 49.5 Å². The first kappa shape index (κ1) is 75.6. The number of hydrogen-bond acceptors (Lipinski definition) is 25. The van der Waals surface area contributed by atoms with Gasteiger partial charge in [-0.05, 0) is 86.1 Å². The summed E-state index contributed by atoms with van der Waals surface area (Å²) in [7, 11) is 1.55. The summed E-state index contributed by atoms with van der Waals surface area (Å²) >= 11 is 4.88. The van der Waals surface area contributed by atoms with E-state index in [0.29, 0.717) is 50.5 Å². The van der Waals surface area contributed by atoms with Crippen LogP contribution in [0.4, 0.5) is 4.79 Å². The van der Waals surface area contributed by atoms with E-state index >= 15 is 0 Å². The summed E-state index contributed by atoms with van der Waals surface area (Å²) in [6.45, 7) is 10.7. The van der Waals surface area contributed by atoms with Gasteiger partial charge in [-0.1, -0.05) is 38.0 Å². The van der Waals surface area contributed by atoms with Crippen LogP contribution in [0.5, 0.6) is 5.75 Å². The summed E-state index contributed by atoms with van der Waals surface area (Å²) in [4.78, 5) is 73.9. The van der Waals surface area contributed by atoms with Crippen LogP contribution in [0.25, 0.3) is 0 Å². The van der Waals surface area contributed by atoms with Crippen molar-refractivity contribution >= 4 is 42.3 Å². The first-order valence-corrected chi connectivity index (χ1v) is 34.7. The van der Waals surface area contributed by atoms with Crippen LogP contribution in [0.2, 0.25) is 0 Å². The van der Waals surface area contributed by atoms with Gasteiger partial charge in [0, 0.05) is 140 Å². The van der Waals surface area contributed by atoms with Crippen LogP contribution in [0.3, 0.4) is 0 Å². The molecule has 13 rings (SSSR count). The van der Waals surface area contributed by atoms with Crippen LogP contribution in [0, 0.1) is 62.3 Å². The van der Waals surface area contributed by atoms with Gasteiger partial charge in [-0.15, -0.1) is 0 Å². The Hall–Kier alpha value is -4.60. The Kier molecular flexibility index (Phi) is 25.9. The van der Waals surface area contributed by atoms with E-state index in [0.717, 1.165) is 43.3 Å². The second kappa shape index (κ2) is 33.9. The van der Waals surface area contributed by atoms with Crippen molar-refractivity contribution in [1.29, 1.82) is 0 Å². The van der Waals surface area contributed by atoms with Gasteiger partial charge in [-0.3, -0.25) is 24.4 Å². The van der Waals surface area contributed by atoms with Crippen molar-refractivity contribution < 1.29 is 150 Å². The molecule has 3 amide bonds. The molecule has 24 atom stereocenters. The molecule has 2 aromatic rings. The van der Waals surface area contributed by atoms with Crippen molar-refractivity contribution in [3.63, 3.8) is 0 Å². The molecule has 12 heterocycles. The van der Waals surface area contributed by atoms with Crippen molar-refractivity contribution in [2.75, 3.05) is 40.0 Å². The number of alkyl carbamates (subject to hydrolysis) is 1. The summed E-state index contributed by atoms with van der Waals surface area (Å²) in [5.74, 6) is 1.80. The molecule has 1 radical (unpaired) electrons. The molecule has 12 bridgehead atoms. The van der Waals surface area contributed by atoms with E-state index < -0.39 is 116 Å². The standard InChI is InChI=1S/C69H91N5O23S.Tb/c1-34-22-41-11-14-46-35(2)23-43(88-46)16-17-69-29-52-59(96-69)61-62(93-52)63(97-69)58-48(92-61)15-12-42(90-58)25-39(75)26-44-50(28-49(89-41)36(34)3)91-51(57(44)85-4)27-40(76)32-74-68(84)87-33-37-10-13-47(94-66-56(80)54(78)55(79)60(95-66)65(82)83)45(24-37)64(81)71-19-21-86-20-18-70-53(77)9-7-5-6-8-38-30-72-67(98)73-31-38;/h10,13,24,30-31,34,40-44,46,48-52,54-63,66,76,78-80H,2-3,5,7,9,11-12,14-23,25-29,32-33H2,1,4H3,(H,70,77)(H,71,81)(H,74,84)(H,82,83)(H,72,73,98);/p-1/t34-,40+,41+,42-,43+,44+,46?,48+,49-,50+,51-,52?,54+,55+,56-,57-,58+,59+,60+,61+,62-,63+,66-,69+;/m1./s1. The molecular formula is C69H90N5O23STb-. The van der Waals surface area contributed by atoms with E-state index in [1.54, 1.807) is 7.11 Å². The number of nitrogens with one attached hydrogen (secondary N) is 3. The Morgan fingerprint density at radius 3 is 2.32 bits per heavy atom. The number of methoxy groups -OCH3 is 1. The minimum atomic E-state index is -2.01. The molecule has 30 heteroatoms. The second-order valence-corrected chi connectivity index (χ2v) is 27.8. The maximum absolute atomic E-state index is 14.6. The molecule has 0 aliphatic carbocycles. The predicted octanol–water partition coefficient (Wildman–Crippen LogP) is 2.46. The molecule has 8 N–H and O–H groups in total. The predicted molar refractivity (Wildman–Crippen MR) is 341 cm³/mol. The summed E-state index contributed by atoms with van der Waals surface area (Å²) in [6.07, 6.45) is -6.08. The summed E-state index contributed by atoms with van der Waals surface area (Å²) in [5, 5.41) is 61.1. The third-order valence-corrected chi connectivity index (χ3v) is 20.8. The number of fused-ring (bicyclic) bond motifs is 6. The Balaban J connectivity index is 0.00000990. The largest absolute Gasteiger partial charge is 0.740 e. The number of unbranched alkanes of at least 4 members (excludes halogenated alkanes) is 1. The first-order valence-electron chi connectivity index (χ1n) is 34.3. The van der Waals surface area contributed by atoms with Gasteiger partial charge < -0.3 is 116 Å². The number of ether oxygens (including phenoxy) is 13. The van der Waals surface area contributed by atoms with Gasteiger partial charge in [0.1, 0.15) is 67.0 Å². The molecule has 11 saturated heterocycles. The van der Waals surface area contributed by atoms with E-state index in [1.807, 2.05) is 0 Å². The van der Waals surface area contributed by atoms with Crippen molar-refractivity contribution in [2.45, 2.75) is 256 Å². The summed E-state index contributed by atoms with van der Waals surface area (Å²) in [6, 6.07) is 4.02. The van der Waals surface area contributed by atoms with Gasteiger partial charge in [0.2, 0.25) is 12.2 Å². The monoisotopic (exact) mass is 1550 g/mol. The molecule has 1 spiro atoms. The molecule has 28 nitrogen and oxygen atoms in total. The van der Waals surface area contributed by atoms with Crippen LogP contribution < -0.4 is 20.7 Å². The Morgan fingerprint density at radius 1 is 0.798 bits per heavy atom. The maximum Gasteiger partial charge on any atom is 0.407 e. The Bertz CT molecular complexity index is 3270. The summed E-state index contributed by atoms with van der Waals surface area (Å²) < 4.78 is 83.1. The third kappa shape index (κ3) is 18.1. The number of aliphatic hydroxyl groups is 4. The third-order valence-electron chi connectivity index (χ3n) is 20.6. The number of carbonyl (C=O) groups is 5. The normalized spacial score (nSPS) is 37.2. The first-order chi connectivity index (χ1) is 47.2. The molecule has 2 unspecified atom stereocenters. The Morgan fingerprint density at radius 2 is 1.54 bits per heavy atom. The van der Waals surface area contributed by atoms with Gasteiger partial charge in [0.25, 0.3) is 5.91 Å². The van der Waals surface area contributed by atoms with Crippen molar-refractivity contribution in [2.24, 2.45) is 11.8 Å². The fraction of sp³-hybridized carbons (Fsp3) is 0.696. The number of rotatable bonds is 20. The van der Waals surface area contributed by atoms with Crippen LogP contribution in [0.15, 0.2) is 60.1 Å². The zero-order valence-corrected chi connectivity index (χ0v) is 58.3. The number of aliphatic carboxylic acids is 1. The molecule has 0 saturated carbocycles. The maximum atomic E-state index is 14.6. The number of benzene rings is 1. The molecule has 1 aromatic heterocycles. The fourth-order valence-corrected chi connectivity index (χ4v) is 15.7. The van der Waals surface area contributed by atoms with E-state index in [1.165, 1.54) is 30.6 Å². The van der Waals surface area contributed by atoms with Gasteiger partial charge in [0.05, 0.1) is 91.5 Å². The number of nitrogens with zero attached hydrogens (tertiary/aromatic N) is 2. The zero-order chi connectivity index (χ0) is 68.9. The number of Topliss-reactive ketones (excluding diaryl/α,β-unsaturated/α-hetero) is 1. The summed E-state index contributed by atoms with van der Waals surface area (Å²) in [5.41, 5.74) is 2.69. The molecule has 11 aliphatic heterocycles. The number of hydrogen-bond donors (Lipinski definition) is 8. The number of amides is 3. The average molecular weight is 1550 g/mol. The van der Waals surface area contributed by atoms with Crippen molar-refractivity contribution in [3.8, 4) is 17.6 Å². The molecule has 99 heavy (non-hydrogen) atoms. The van der Waals surface area contributed by atoms with Crippen LogP contribution in [-0.2, 0) is 90.5 Å². The fourth-order valence-electron chi connectivity index (χ4n) is 15.6. The number of aromatic nitrogens is 2.